The number of carbonyl (C=O) groups is 1. The molecule has 0 saturated heterocycles. The molecule has 1 heterocycles. The minimum absolute atomic E-state index is 0.205. The third kappa shape index (κ3) is 2.54. The van der Waals surface area contributed by atoms with Gasteiger partial charge in [-0.3, -0.25) is 5.32 Å². The lowest BCUT2D eigenvalue weighted by Crippen LogP contribution is -2.19. The number of nitrogens with one attached hydrogen (secondary N) is 2. The maximum Gasteiger partial charge on any atom is 0.327 e. The molecule has 24 heavy (non-hydrogen) atoms. The highest BCUT2D eigenvalue weighted by Gasteiger charge is 2.18. The number of nitrogens with zero attached hydrogens (tertiary/aromatic N) is 1. The average Bonchev–Trinajstić information content (AvgIpc) is 3.06. The third-order valence-electron chi connectivity index (χ3n) is 4.30. The first-order valence-corrected chi connectivity index (χ1v) is 7.83. The lowest BCUT2D eigenvalue weighted by atomic mass is 10.1. The number of carbonyl (C=O) groups excluding carboxylic acids is 1. The van der Waals surface area contributed by atoms with Crippen molar-refractivity contribution in [1.29, 1.82) is 0 Å². The van der Waals surface area contributed by atoms with Gasteiger partial charge in [-0.1, -0.05) is 30.3 Å². The molecule has 1 aromatic heterocycles. The maximum absolute atomic E-state index is 12.1. The van der Waals surface area contributed by atoms with E-state index in [0.29, 0.717) is 5.76 Å². The number of hydrogen-bond acceptors (Lipinski definition) is 3. The van der Waals surface area contributed by atoms with Crippen LogP contribution in [-0.4, -0.2) is 11.0 Å². The van der Waals surface area contributed by atoms with E-state index in [1.54, 1.807) is 0 Å². The number of aromatic nitrogens is 1. The molecule has 1 aliphatic carbocycles. The van der Waals surface area contributed by atoms with Gasteiger partial charge in [-0.2, -0.15) is 4.98 Å². The summed E-state index contributed by atoms with van der Waals surface area (Å²) < 4.78 is 5.36. The number of amides is 2. The molecule has 1 aliphatic rings. The number of aryl methyl sites for hydroxylation is 2. The summed E-state index contributed by atoms with van der Waals surface area (Å²) in [5.41, 5.74) is 6.56. The molecule has 0 aliphatic heterocycles. The Kier molecular flexibility index (Phi) is 3.34. The van der Waals surface area contributed by atoms with E-state index in [-0.39, 0.29) is 12.0 Å². The van der Waals surface area contributed by atoms with Crippen molar-refractivity contribution in [3.63, 3.8) is 0 Å². The van der Waals surface area contributed by atoms with Crippen molar-refractivity contribution in [3.05, 3.63) is 65.0 Å². The molecular weight excluding hydrogens is 302 g/mol. The highest BCUT2D eigenvalue weighted by atomic mass is 16.4. The highest BCUT2D eigenvalue weighted by molar-refractivity contribution is 5.98. The quantitative estimate of drug-likeness (QED) is 0.571. The van der Waals surface area contributed by atoms with Crippen LogP contribution in [0.1, 0.15) is 22.6 Å². The van der Waals surface area contributed by atoms with Crippen molar-refractivity contribution < 1.29 is 9.21 Å². The molecule has 4 rings (SSSR count). The second-order valence-electron chi connectivity index (χ2n) is 5.95. The van der Waals surface area contributed by atoms with Gasteiger partial charge in [-0.05, 0) is 54.7 Å². The Morgan fingerprint density at radius 3 is 2.62 bits per heavy atom. The molecule has 0 radical (unpaired) electrons. The van der Waals surface area contributed by atoms with E-state index in [4.69, 9.17) is 4.42 Å². The van der Waals surface area contributed by atoms with Gasteiger partial charge >= 0.3 is 12.0 Å². The summed E-state index contributed by atoms with van der Waals surface area (Å²) in [5, 5.41) is 5.43. The summed E-state index contributed by atoms with van der Waals surface area (Å²) >= 11 is 0. The maximum atomic E-state index is 12.1. The number of rotatable bonds is 2. The van der Waals surface area contributed by atoms with Crippen molar-refractivity contribution in [3.8, 4) is 11.1 Å². The molecule has 0 bridgehead atoms. The number of oxazole rings is 1. The average molecular weight is 319 g/mol. The van der Waals surface area contributed by atoms with Crippen LogP contribution in [0.15, 0.2) is 46.9 Å². The van der Waals surface area contributed by atoms with Crippen LogP contribution in [0, 0.1) is 13.8 Å². The fraction of sp³-hybridized carbons (Fsp3) is 0.158. The SMILES string of the molecule is Cc1nc(NC(=O)Nc2ccc3c(c2)Cc2ccccc2-3)oc1C. The van der Waals surface area contributed by atoms with Crippen LogP contribution in [0.5, 0.6) is 0 Å². The molecular formula is C19H17N3O2. The van der Waals surface area contributed by atoms with E-state index in [1.807, 2.05) is 32.0 Å². The third-order valence-corrected chi connectivity index (χ3v) is 4.30. The Morgan fingerprint density at radius 1 is 1.04 bits per heavy atom. The van der Waals surface area contributed by atoms with E-state index in [1.165, 1.54) is 22.3 Å². The van der Waals surface area contributed by atoms with Crippen molar-refractivity contribution in [2.45, 2.75) is 20.3 Å². The van der Waals surface area contributed by atoms with E-state index in [9.17, 15) is 4.79 Å². The normalized spacial score (nSPS) is 11.8. The van der Waals surface area contributed by atoms with E-state index >= 15 is 0 Å². The molecule has 0 saturated carbocycles. The standard InChI is InChI=1S/C19H17N3O2/c1-11-12(2)24-19(20-11)22-18(23)21-15-7-8-17-14(10-15)9-13-5-3-4-6-16(13)17/h3-8,10H,9H2,1-2H3,(H2,20,21,22,23). The molecule has 0 atom stereocenters. The molecule has 2 amide bonds. The van der Waals surface area contributed by atoms with Crippen LogP contribution >= 0.6 is 0 Å². The van der Waals surface area contributed by atoms with E-state index < -0.39 is 0 Å². The predicted molar refractivity (Wildman–Crippen MR) is 93.3 cm³/mol. The lowest BCUT2D eigenvalue weighted by Gasteiger charge is -2.07. The summed E-state index contributed by atoms with van der Waals surface area (Å²) in [4.78, 5) is 16.2. The number of urea groups is 1. The van der Waals surface area contributed by atoms with E-state index in [0.717, 1.165) is 17.8 Å². The Balaban J connectivity index is 1.50. The first-order valence-electron chi connectivity index (χ1n) is 7.83. The topological polar surface area (TPSA) is 67.2 Å². The summed E-state index contributed by atoms with van der Waals surface area (Å²) in [6.45, 7) is 3.64. The van der Waals surface area contributed by atoms with E-state index in [2.05, 4.69) is 39.9 Å². The minimum Gasteiger partial charge on any atom is -0.428 e. The predicted octanol–water partition coefficient (Wildman–Crippen LogP) is 4.51. The zero-order valence-corrected chi connectivity index (χ0v) is 13.5. The first-order chi connectivity index (χ1) is 11.6. The number of hydrogen-bond donors (Lipinski definition) is 2. The van der Waals surface area contributed by atoms with Gasteiger partial charge in [0, 0.05) is 5.69 Å². The zero-order chi connectivity index (χ0) is 16.7. The van der Waals surface area contributed by atoms with Crippen LogP contribution in [0.3, 0.4) is 0 Å². The molecule has 0 spiro atoms. The van der Waals surface area contributed by atoms with Gasteiger partial charge in [0.25, 0.3) is 0 Å². The lowest BCUT2D eigenvalue weighted by molar-refractivity contribution is 0.261. The second-order valence-corrected chi connectivity index (χ2v) is 5.95. The van der Waals surface area contributed by atoms with Crippen LogP contribution < -0.4 is 10.6 Å². The molecule has 0 unspecified atom stereocenters. The Morgan fingerprint density at radius 2 is 1.83 bits per heavy atom. The molecule has 120 valence electrons. The van der Waals surface area contributed by atoms with Gasteiger partial charge in [0.1, 0.15) is 5.76 Å². The fourth-order valence-corrected chi connectivity index (χ4v) is 3.01. The van der Waals surface area contributed by atoms with Gasteiger partial charge in [0.15, 0.2) is 0 Å². The monoisotopic (exact) mass is 319 g/mol. The Bertz CT molecular complexity index is 924. The molecule has 5 nitrogen and oxygen atoms in total. The summed E-state index contributed by atoms with van der Waals surface area (Å²) in [6, 6.07) is 14.2. The molecule has 3 aromatic rings. The minimum atomic E-state index is -0.369. The van der Waals surface area contributed by atoms with Gasteiger partial charge in [-0.25, -0.2) is 4.79 Å². The van der Waals surface area contributed by atoms with Crippen molar-refractivity contribution in [2.75, 3.05) is 10.6 Å². The molecule has 2 aromatic carbocycles. The fourth-order valence-electron chi connectivity index (χ4n) is 3.01. The van der Waals surface area contributed by atoms with Crippen LogP contribution in [0.25, 0.3) is 11.1 Å². The van der Waals surface area contributed by atoms with Crippen LogP contribution in [0.4, 0.5) is 16.5 Å². The van der Waals surface area contributed by atoms with Crippen molar-refractivity contribution in [2.24, 2.45) is 0 Å². The van der Waals surface area contributed by atoms with Crippen LogP contribution in [-0.2, 0) is 6.42 Å². The summed E-state index contributed by atoms with van der Waals surface area (Å²) in [5.74, 6) is 0.695. The summed E-state index contributed by atoms with van der Waals surface area (Å²) in [6.07, 6.45) is 0.890. The largest absolute Gasteiger partial charge is 0.428 e. The molecule has 5 heteroatoms. The summed E-state index contributed by atoms with van der Waals surface area (Å²) in [7, 11) is 0. The number of anilines is 2. The smallest absolute Gasteiger partial charge is 0.327 e. The van der Waals surface area contributed by atoms with Gasteiger partial charge in [0.05, 0.1) is 5.69 Å². The molecule has 0 fully saturated rings. The zero-order valence-electron chi connectivity index (χ0n) is 13.5. The van der Waals surface area contributed by atoms with Crippen molar-refractivity contribution >= 4 is 17.7 Å². The Labute approximate surface area is 139 Å². The van der Waals surface area contributed by atoms with Gasteiger partial charge < -0.3 is 9.73 Å². The second kappa shape index (κ2) is 5.53. The Hall–Kier alpha value is -3.08. The van der Waals surface area contributed by atoms with Crippen molar-refractivity contribution in [1.82, 2.24) is 4.98 Å². The molecule has 2 N–H and O–H groups in total. The van der Waals surface area contributed by atoms with Gasteiger partial charge in [0.2, 0.25) is 0 Å². The highest BCUT2D eigenvalue weighted by Crippen LogP contribution is 2.37. The number of benzene rings is 2. The first kappa shape index (κ1) is 14.5. The van der Waals surface area contributed by atoms with Gasteiger partial charge in [-0.15, -0.1) is 0 Å². The van der Waals surface area contributed by atoms with Crippen LogP contribution in [0.2, 0.25) is 0 Å². The number of fused-ring (bicyclic) bond motifs is 3.